The lowest BCUT2D eigenvalue weighted by Crippen LogP contribution is -2.33. The van der Waals surface area contributed by atoms with Gasteiger partial charge in [0.05, 0.1) is 11.6 Å². The second kappa shape index (κ2) is 7.91. The maximum atomic E-state index is 14.3. The van der Waals surface area contributed by atoms with Gasteiger partial charge >= 0.3 is 0 Å². The molecule has 0 radical (unpaired) electrons. The van der Waals surface area contributed by atoms with Gasteiger partial charge < -0.3 is 15.4 Å². The number of carbonyl (C=O) groups excluding carboxylic acids is 1. The lowest BCUT2D eigenvalue weighted by Gasteiger charge is -2.12. The lowest BCUT2D eigenvalue weighted by atomic mass is 10.0. The van der Waals surface area contributed by atoms with Gasteiger partial charge in [-0.2, -0.15) is 0 Å². The fraction of sp³-hybridized carbons (Fsp3) is 0.318. The monoisotopic (exact) mass is 402 g/mol. The molecule has 29 heavy (non-hydrogen) atoms. The quantitative estimate of drug-likeness (QED) is 0.599. The molecule has 7 heteroatoms. The van der Waals surface area contributed by atoms with E-state index in [9.17, 15) is 23.1 Å². The number of hydrogen-bond acceptors (Lipinski definition) is 2. The number of hydrogen-bond donors (Lipinski definition) is 3. The molecule has 152 valence electrons. The minimum Gasteiger partial charge on any atom is -0.393 e. The highest BCUT2D eigenvalue weighted by atomic mass is 19.1. The molecule has 1 aliphatic carbocycles. The van der Waals surface area contributed by atoms with Gasteiger partial charge in [-0.1, -0.05) is 0 Å². The summed E-state index contributed by atoms with van der Waals surface area (Å²) in [5, 5.41) is 12.9. The Kier molecular flexibility index (Phi) is 5.32. The average molecular weight is 402 g/mol. The van der Waals surface area contributed by atoms with Gasteiger partial charge in [-0.25, -0.2) is 13.2 Å². The zero-order valence-corrected chi connectivity index (χ0v) is 15.6. The number of carbonyl (C=O) groups is 1. The first-order chi connectivity index (χ1) is 13.9. The largest absolute Gasteiger partial charge is 0.393 e. The molecule has 4 rings (SSSR count). The number of aromatic nitrogens is 1. The number of fused-ring (bicyclic) bond motifs is 1. The van der Waals surface area contributed by atoms with E-state index in [4.69, 9.17) is 0 Å². The maximum absolute atomic E-state index is 14.3. The number of rotatable bonds is 5. The van der Waals surface area contributed by atoms with Crippen molar-refractivity contribution in [3.63, 3.8) is 0 Å². The molecule has 3 N–H and O–H groups in total. The summed E-state index contributed by atoms with van der Waals surface area (Å²) in [6, 6.07) is 7.68. The van der Waals surface area contributed by atoms with Crippen molar-refractivity contribution in [2.75, 3.05) is 0 Å². The highest BCUT2D eigenvalue weighted by Gasteiger charge is 2.24. The summed E-state index contributed by atoms with van der Waals surface area (Å²) in [5.41, 5.74) is 1.91. The van der Waals surface area contributed by atoms with Crippen molar-refractivity contribution in [3.05, 3.63) is 59.4 Å². The molecular formula is C22H21F3N2O2. The van der Waals surface area contributed by atoms with Gasteiger partial charge in [-0.15, -0.1) is 0 Å². The second-order valence-electron chi connectivity index (χ2n) is 7.53. The van der Waals surface area contributed by atoms with Gasteiger partial charge in [-0.05, 0) is 67.1 Å². The number of aryl methyl sites for hydroxylation is 1. The number of nitrogens with one attached hydrogen (secondary N) is 2. The van der Waals surface area contributed by atoms with E-state index in [1.54, 1.807) is 12.1 Å². The summed E-state index contributed by atoms with van der Waals surface area (Å²) in [7, 11) is 0. The number of aromatic amines is 1. The fourth-order valence-corrected chi connectivity index (χ4v) is 4.02. The predicted octanol–water partition coefficient (Wildman–Crippen LogP) is 4.21. The molecule has 1 amide bonds. The Bertz CT molecular complexity index is 1050. The SMILES string of the molecule is O=C(CCc1c(-c2ccc(F)cc2)[nH]c2c(F)cc(F)cc12)N[C@H]1CC[C@@H](O)C1. The molecule has 1 aliphatic rings. The van der Waals surface area contributed by atoms with E-state index in [-0.39, 0.29) is 36.4 Å². The minimum absolute atomic E-state index is 0.0491. The average Bonchev–Trinajstić information content (AvgIpc) is 3.24. The third kappa shape index (κ3) is 4.15. The van der Waals surface area contributed by atoms with E-state index >= 15 is 0 Å². The second-order valence-corrected chi connectivity index (χ2v) is 7.53. The summed E-state index contributed by atoms with van der Waals surface area (Å²) in [6.45, 7) is 0. The van der Waals surface area contributed by atoms with Gasteiger partial charge in [0.25, 0.3) is 0 Å². The third-order valence-electron chi connectivity index (χ3n) is 5.44. The summed E-state index contributed by atoms with van der Waals surface area (Å²) in [5.74, 6) is -2.01. The van der Waals surface area contributed by atoms with E-state index in [1.165, 1.54) is 18.2 Å². The topological polar surface area (TPSA) is 65.1 Å². The van der Waals surface area contributed by atoms with Crippen LogP contribution < -0.4 is 5.32 Å². The van der Waals surface area contributed by atoms with Crippen molar-refractivity contribution < 1.29 is 23.1 Å². The standard InChI is InChI=1S/C22H21F3N2O2/c23-13-3-1-12(2-4-13)21-17(18-9-14(24)10-19(25)22(18)27-21)7-8-20(29)26-15-5-6-16(28)11-15/h1-4,9-10,15-16,27-28H,5-8,11H2,(H,26,29)/t15-,16+/m0/s1. The smallest absolute Gasteiger partial charge is 0.220 e. The summed E-state index contributed by atoms with van der Waals surface area (Å²) < 4.78 is 41.4. The van der Waals surface area contributed by atoms with Crippen molar-refractivity contribution in [1.82, 2.24) is 10.3 Å². The number of halogens is 3. The molecule has 1 fully saturated rings. The molecule has 2 atom stereocenters. The molecular weight excluding hydrogens is 381 g/mol. The Morgan fingerprint density at radius 2 is 1.86 bits per heavy atom. The van der Waals surface area contributed by atoms with E-state index in [0.29, 0.717) is 35.0 Å². The van der Waals surface area contributed by atoms with Crippen LogP contribution in [0.5, 0.6) is 0 Å². The van der Waals surface area contributed by atoms with Crippen LogP contribution in [0.1, 0.15) is 31.2 Å². The molecule has 1 heterocycles. The first kappa shape index (κ1) is 19.5. The van der Waals surface area contributed by atoms with Crippen LogP contribution in [0.4, 0.5) is 13.2 Å². The van der Waals surface area contributed by atoms with Crippen molar-refractivity contribution in [2.24, 2.45) is 0 Å². The van der Waals surface area contributed by atoms with Crippen LogP contribution in [0.25, 0.3) is 22.2 Å². The number of benzene rings is 2. The van der Waals surface area contributed by atoms with Gasteiger partial charge in [0.1, 0.15) is 17.5 Å². The number of aliphatic hydroxyl groups is 1. The van der Waals surface area contributed by atoms with Crippen LogP contribution >= 0.6 is 0 Å². The fourth-order valence-electron chi connectivity index (χ4n) is 4.02. The van der Waals surface area contributed by atoms with Crippen LogP contribution in [-0.4, -0.2) is 28.1 Å². The van der Waals surface area contributed by atoms with Crippen LogP contribution in [0, 0.1) is 17.5 Å². The lowest BCUT2D eigenvalue weighted by molar-refractivity contribution is -0.121. The van der Waals surface area contributed by atoms with Crippen molar-refractivity contribution >= 4 is 16.8 Å². The zero-order valence-electron chi connectivity index (χ0n) is 15.6. The van der Waals surface area contributed by atoms with Crippen molar-refractivity contribution in [2.45, 2.75) is 44.2 Å². The molecule has 4 nitrogen and oxygen atoms in total. The van der Waals surface area contributed by atoms with Crippen LogP contribution in [0.3, 0.4) is 0 Å². The summed E-state index contributed by atoms with van der Waals surface area (Å²) in [4.78, 5) is 15.3. The first-order valence-electron chi connectivity index (χ1n) is 9.63. The Hall–Kier alpha value is -2.80. The van der Waals surface area contributed by atoms with E-state index < -0.39 is 17.5 Å². The molecule has 0 unspecified atom stereocenters. The van der Waals surface area contributed by atoms with Crippen LogP contribution in [0.15, 0.2) is 36.4 Å². The molecule has 0 bridgehead atoms. The molecule has 0 saturated heterocycles. The Balaban J connectivity index is 1.63. The number of aliphatic hydroxyl groups excluding tert-OH is 1. The Morgan fingerprint density at radius 1 is 1.10 bits per heavy atom. The molecule has 2 aromatic carbocycles. The minimum atomic E-state index is -0.723. The van der Waals surface area contributed by atoms with Crippen molar-refractivity contribution in [1.29, 1.82) is 0 Å². The summed E-state index contributed by atoms with van der Waals surface area (Å²) in [6.07, 6.45) is 1.95. The molecule has 1 saturated carbocycles. The first-order valence-corrected chi connectivity index (χ1v) is 9.63. The van der Waals surface area contributed by atoms with Crippen molar-refractivity contribution in [3.8, 4) is 11.3 Å². The van der Waals surface area contributed by atoms with Gasteiger partial charge in [0, 0.05) is 29.6 Å². The maximum Gasteiger partial charge on any atom is 0.220 e. The third-order valence-corrected chi connectivity index (χ3v) is 5.44. The predicted molar refractivity (Wildman–Crippen MR) is 104 cm³/mol. The highest BCUT2D eigenvalue weighted by molar-refractivity contribution is 5.92. The van der Waals surface area contributed by atoms with Gasteiger partial charge in [0.15, 0.2) is 0 Å². The van der Waals surface area contributed by atoms with E-state index in [1.807, 2.05) is 0 Å². The Morgan fingerprint density at radius 3 is 2.55 bits per heavy atom. The number of amides is 1. The molecule has 1 aromatic heterocycles. The van der Waals surface area contributed by atoms with E-state index in [2.05, 4.69) is 10.3 Å². The van der Waals surface area contributed by atoms with E-state index in [0.717, 1.165) is 12.5 Å². The number of H-pyrrole nitrogens is 1. The van der Waals surface area contributed by atoms with Gasteiger partial charge in [-0.3, -0.25) is 4.79 Å². The van der Waals surface area contributed by atoms with Crippen LogP contribution in [-0.2, 0) is 11.2 Å². The highest BCUT2D eigenvalue weighted by Crippen LogP contribution is 2.33. The molecule has 3 aromatic rings. The molecule has 0 aliphatic heterocycles. The van der Waals surface area contributed by atoms with Crippen LogP contribution in [0.2, 0.25) is 0 Å². The van der Waals surface area contributed by atoms with Gasteiger partial charge in [0.2, 0.25) is 5.91 Å². The normalized spacial score (nSPS) is 19.0. The summed E-state index contributed by atoms with van der Waals surface area (Å²) >= 11 is 0. The Labute approximate surface area is 165 Å². The zero-order chi connectivity index (χ0) is 20.5. The molecule has 0 spiro atoms.